The van der Waals surface area contributed by atoms with Gasteiger partial charge in [-0.1, -0.05) is 11.6 Å². The van der Waals surface area contributed by atoms with Gasteiger partial charge in [0.1, 0.15) is 16.8 Å². The molecule has 4 nitrogen and oxygen atoms in total. The average molecular weight is 329 g/mol. The second kappa shape index (κ2) is 4.93. The van der Waals surface area contributed by atoms with Crippen molar-refractivity contribution < 1.29 is 8.81 Å². The largest absolute Gasteiger partial charge is 0.422 e. The topological polar surface area (TPSA) is 48.0 Å². The second-order valence-electron chi connectivity index (χ2n) is 5.23. The maximum atomic E-state index is 13.2. The first-order valence-electron chi connectivity index (χ1n) is 6.92. The first-order valence-corrected chi connectivity index (χ1v) is 7.30. The summed E-state index contributed by atoms with van der Waals surface area (Å²) in [5.41, 5.74) is 1.76. The van der Waals surface area contributed by atoms with Crippen molar-refractivity contribution in [3.8, 4) is 5.69 Å². The van der Waals surface area contributed by atoms with Crippen molar-refractivity contribution in [3.63, 3.8) is 0 Å². The van der Waals surface area contributed by atoms with E-state index in [0.717, 1.165) is 0 Å². The fourth-order valence-corrected chi connectivity index (χ4v) is 2.89. The molecule has 0 spiro atoms. The van der Waals surface area contributed by atoms with Gasteiger partial charge in [-0.15, -0.1) is 0 Å². The Morgan fingerprint density at radius 1 is 1.17 bits per heavy atom. The smallest absolute Gasteiger partial charge is 0.347 e. The Morgan fingerprint density at radius 2 is 1.91 bits per heavy atom. The van der Waals surface area contributed by atoms with E-state index in [9.17, 15) is 9.18 Å². The summed E-state index contributed by atoms with van der Waals surface area (Å²) in [6.45, 7) is 1.73. The van der Waals surface area contributed by atoms with E-state index in [-0.39, 0.29) is 5.82 Å². The summed E-state index contributed by atoms with van der Waals surface area (Å²) >= 11 is 6.09. The van der Waals surface area contributed by atoms with Crippen LogP contribution in [0, 0.1) is 12.7 Å². The second-order valence-corrected chi connectivity index (χ2v) is 5.66. The molecule has 4 aromatic rings. The van der Waals surface area contributed by atoms with Crippen LogP contribution in [0.15, 0.2) is 51.7 Å². The molecule has 0 bridgehead atoms. The summed E-state index contributed by atoms with van der Waals surface area (Å²) in [5, 5.41) is 6.02. The van der Waals surface area contributed by atoms with Gasteiger partial charge in [0.05, 0.1) is 16.9 Å². The number of rotatable bonds is 1. The Hall–Kier alpha value is -2.66. The number of aryl methyl sites for hydroxylation is 1. The SMILES string of the molecule is Cc1nn(-c2ccc(F)cc2)c2c1c(=O)oc1ccc(Cl)cc12. The van der Waals surface area contributed by atoms with Gasteiger partial charge in [-0.25, -0.2) is 13.9 Å². The molecule has 114 valence electrons. The van der Waals surface area contributed by atoms with Gasteiger partial charge in [0.15, 0.2) is 0 Å². The molecule has 0 aliphatic rings. The van der Waals surface area contributed by atoms with Gasteiger partial charge >= 0.3 is 5.63 Å². The van der Waals surface area contributed by atoms with Gasteiger partial charge in [0.25, 0.3) is 0 Å². The summed E-state index contributed by atoms with van der Waals surface area (Å²) in [6, 6.07) is 10.9. The minimum Gasteiger partial charge on any atom is -0.422 e. The number of nitrogens with zero attached hydrogens (tertiary/aromatic N) is 2. The molecule has 0 aliphatic carbocycles. The Bertz CT molecular complexity index is 1110. The Balaban J connectivity index is 2.21. The normalized spacial score (nSPS) is 11.4. The number of fused-ring (bicyclic) bond motifs is 3. The summed E-state index contributed by atoms with van der Waals surface area (Å²) < 4.78 is 20.1. The lowest BCUT2D eigenvalue weighted by atomic mass is 10.1. The van der Waals surface area contributed by atoms with Crippen LogP contribution >= 0.6 is 11.6 Å². The Labute approximate surface area is 134 Å². The molecule has 0 radical (unpaired) electrons. The number of aromatic nitrogens is 2. The third kappa shape index (κ3) is 2.12. The molecule has 0 N–H and O–H groups in total. The molecule has 0 saturated heterocycles. The molecule has 6 heteroatoms. The van der Waals surface area contributed by atoms with E-state index in [1.807, 2.05) is 0 Å². The molecular formula is C17H10ClFN2O2. The number of hydrogen-bond donors (Lipinski definition) is 0. The van der Waals surface area contributed by atoms with Gasteiger partial charge in [-0.05, 0) is 49.4 Å². The van der Waals surface area contributed by atoms with E-state index < -0.39 is 5.63 Å². The average Bonchev–Trinajstić information content (AvgIpc) is 2.87. The van der Waals surface area contributed by atoms with E-state index in [1.54, 1.807) is 41.9 Å². The van der Waals surface area contributed by atoms with E-state index in [0.29, 0.717) is 38.3 Å². The predicted octanol–water partition coefficient (Wildman–Crippen LogP) is 4.23. The molecule has 2 aromatic heterocycles. The number of hydrogen-bond acceptors (Lipinski definition) is 3. The molecule has 0 atom stereocenters. The van der Waals surface area contributed by atoms with E-state index in [4.69, 9.17) is 16.0 Å². The van der Waals surface area contributed by atoms with Gasteiger partial charge in [0.2, 0.25) is 0 Å². The van der Waals surface area contributed by atoms with Crippen LogP contribution in [0.2, 0.25) is 5.02 Å². The molecule has 2 heterocycles. The van der Waals surface area contributed by atoms with Crippen molar-refractivity contribution >= 4 is 33.5 Å². The van der Waals surface area contributed by atoms with Crippen molar-refractivity contribution in [2.45, 2.75) is 6.92 Å². The summed E-state index contributed by atoms with van der Waals surface area (Å²) in [6.07, 6.45) is 0. The van der Waals surface area contributed by atoms with Crippen molar-refractivity contribution in [2.24, 2.45) is 0 Å². The molecule has 0 fully saturated rings. The lowest BCUT2D eigenvalue weighted by Crippen LogP contribution is -2.01. The van der Waals surface area contributed by atoms with Crippen LogP contribution in [0.25, 0.3) is 27.6 Å². The zero-order valence-corrected chi connectivity index (χ0v) is 12.8. The van der Waals surface area contributed by atoms with Crippen LogP contribution in [0.3, 0.4) is 0 Å². The zero-order chi connectivity index (χ0) is 16.1. The zero-order valence-electron chi connectivity index (χ0n) is 12.0. The summed E-state index contributed by atoms with van der Waals surface area (Å²) in [5.74, 6) is -0.339. The lowest BCUT2D eigenvalue weighted by molar-refractivity contribution is 0.569. The Kier molecular flexibility index (Phi) is 2.99. The van der Waals surface area contributed by atoms with Crippen LogP contribution in [-0.2, 0) is 0 Å². The lowest BCUT2D eigenvalue weighted by Gasteiger charge is -2.06. The van der Waals surface area contributed by atoms with Gasteiger partial charge in [0, 0.05) is 10.4 Å². The maximum Gasteiger partial charge on any atom is 0.347 e. The van der Waals surface area contributed by atoms with Gasteiger partial charge < -0.3 is 4.42 Å². The fraction of sp³-hybridized carbons (Fsp3) is 0.0588. The third-order valence-corrected chi connectivity index (χ3v) is 3.97. The highest BCUT2D eigenvalue weighted by Gasteiger charge is 2.17. The van der Waals surface area contributed by atoms with Crippen molar-refractivity contribution in [1.82, 2.24) is 9.78 Å². The van der Waals surface area contributed by atoms with Crippen molar-refractivity contribution in [3.05, 3.63) is 69.4 Å². The maximum absolute atomic E-state index is 13.2. The fourth-order valence-electron chi connectivity index (χ4n) is 2.72. The molecular weight excluding hydrogens is 319 g/mol. The molecule has 23 heavy (non-hydrogen) atoms. The summed E-state index contributed by atoms with van der Waals surface area (Å²) in [7, 11) is 0. The molecule has 0 unspecified atom stereocenters. The molecule has 4 rings (SSSR count). The van der Waals surface area contributed by atoms with Crippen LogP contribution in [-0.4, -0.2) is 9.78 Å². The van der Waals surface area contributed by atoms with Crippen LogP contribution in [0.4, 0.5) is 4.39 Å². The van der Waals surface area contributed by atoms with E-state index in [2.05, 4.69) is 5.10 Å². The van der Waals surface area contributed by atoms with E-state index >= 15 is 0 Å². The minimum atomic E-state index is -0.458. The Morgan fingerprint density at radius 3 is 2.65 bits per heavy atom. The van der Waals surface area contributed by atoms with E-state index in [1.165, 1.54) is 12.1 Å². The highest BCUT2D eigenvalue weighted by atomic mass is 35.5. The first-order chi connectivity index (χ1) is 11.0. The highest BCUT2D eigenvalue weighted by Crippen LogP contribution is 2.29. The highest BCUT2D eigenvalue weighted by molar-refractivity contribution is 6.31. The van der Waals surface area contributed by atoms with Crippen LogP contribution in [0.1, 0.15) is 5.69 Å². The van der Waals surface area contributed by atoms with Gasteiger partial charge in [-0.3, -0.25) is 0 Å². The van der Waals surface area contributed by atoms with Crippen LogP contribution < -0.4 is 5.63 Å². The number of halogens is 2. The quantitative estimate of drug-likeness (QED) is 0.491. The van der Waals surface area contributed by atoms with Crippen LogP contribution in [0.5, 0.6) is 0 Å². The standard InChI is InChI=1S/C17H10ClFN2O2/c1-9-15-16(21(20-9)12-5-3-11(19)4-6-12)13-8-10(18)2-7-14(13)23-17(15)22/h2-8H,1H3. The van der Waals surface area contributed by atoms with Crippen molar-refractivity contribution in [1.29, 1.82) is 0 Å². The predicted molar refractivity (Wildman–Crippen MR) is 86.8 cm³/mol. The monoisotopic (exact) mass is 328 g/mol. The first kappa shape index (κ1) is 14.0. The van der Waals surface area contributed by atoms with Crippen molar-refractivity contribution in [2.75, 3.05) is 0 Å². The molecule has 0 amide bonds. The van der Waals surface area contributed by atoms with Gasteiger partial charge in [-0.2, -0.15) is 5.10 Å². The minimum absolute atomic E-state index is 0.339. The third-order valence-electron chi connectivity index (χ3n) is 3.74. The molecule has 0 aliphatic heterocycles. The molecule has 0 saturated carbocycles. The molecule has 2 aromatic carbocycles. The summed E-state index contributed by atoms with van der Waals surface area (Å²) in [4.78, 5) is 12.3. The number of benzene rings is 2.